The standard InChI is InChI=1S/C12H19N3S/c1-7(14-12-6-11(13)15-16-12)10-5-8-2-3-9(10)4-8/h6-10,14H,2-5H2,1H3,(H2,13,15). The molecule has 3 N–H and O–H groups in total. The minimum absolute atomic E-state index is 0.565. The zero-order valence-corrected chi connectivity index (χ0v) is 10.5. The van der Waals surface area contributed by atoms with Crippen molar-refractivity contribution in [3.8, 4) is 0 Å². The molecule has 4 unspecified atom stereocenters. The molecule has 0 spiro atoms. The highest BCUT2D eigenvalue weighted by Crippen LogP contribution is 2.49. The van der Waals surface area contributed by atoms with E-state index in [0.29, 0.717) is 11.9 Å². The molecule has 4 heteroatoms. The molecule has 88 valence electrons. The van der Waals surface area contributed by atoms with Gasteiger partial charge >= 0.3 is 0 Å². The van der Waals surface area contributed by atoms with Crippen molar-refractivity contribution >= 4 is 22.4 Å². The summed E-state index contributed by atoms with van der Waals surface area (Å²) in [6.45, 7) is 2.31. The molecule has 1 heterocycles. The van der Waals surface area contributed by atoms with Crippen molar-refractivity contribution in [2.75, 3.05) is 11.1 Å². The summed E-state index contributed by atoms with van der Waals surface area (Å²) >= 11 is 1.47. The first-order valence-corrected chi connectivity index (χ1v) is 6.98. The number of nitrogens with zero attached hydrogens (tertiary/aromatic N) is 1. The van der Waals surface area contributed by atoms with Crippen molar-refractivity contribution < 1.29 is 0 Å². The summed E-state index contributed by atoms with van der Waals surface area (Å²) in [6.07, 6.45) is 5.82. The smallest absolute Gasteiger partial charge is 0.139 e. The average molecular weight is 237 g/mol. The molecule has 0 aromatic carbocycles. The van der Waals surface area contributed by atoms with Crippen LogP contribution in [0.15, 0.2) is 6.07 Å². The van der Waals surface area contributed by atoms with Crippen LogP contribution in [0.4, 0.5) is 10.8 Å². The van der Waals surface area contributed by atoms with Gasteiger partial charge in [-0.3, -0.25) is 0 Å². The van der Waals surface area contributed by atoms with E-state index in [1.807, 2.05) is 6.07 Å². The zero-order chi connectivity index (χ0) is 11.1. The van der Waals surface area contributed by atoms with E-state index in [2.05, 4.69) is 16.6 Å². The van der Waals surface area contributed by atoms with Gasteiger partial charge in [0.15, 0.2) is 0 Å². The first-order chi connectivity index (χ1) is 7.72. The Balaban J connectivity index is 1.63. The van der Waals surface area contributed by atoms with Crippen molar-refractivity contribution in [3.05, 3.63) is 6.07 Å². The van der Waals surface area contributed by atoms with Gasteiger partial charge in [-0.15, -0.1) is 0 Å². The van der Waals surface area contributed by atoms with E-state index in [1.54, 1.807) is 0 Å². The molecule has 4 atom stereocenters. The van der Waals surface area contributed by atoms with Gasteiger partial charge in [-0.1, -0.05) is 6.42 Å². The maximum Gasteiger partial charge on any atom is 0.139 e. The molecule has 2 bridgehead atoms. The summed E-state index contributed by atoms with van der Waals surface area (Å²) in [4.78, 5) is 0. The van der Waals surface area contributed by atoms with Crippen molar-refractivity contribution in [2.24, 2.45) is 17.8 Å². The van der Waals surface area contributed by atoms with Crippen LogP contribution in [0, 0.1) is 17.8 Å². The topological polar surface area (TPSA) is 50.9 Å². The molecule has 3 nitrogen and oxygen atoms in total. The Kier molecular flexibility index (Phi) is 2.54. The van der Waals surface area contributed by atoms with Crippen molar-refractivity contribution in [3.63, 3.8) is 0 Å². The van der Waals surface area contributed by atoms with Gasteiger partial charge in [0.05, 0.1) is 0 Å². The van der Waals surface area contributed by atoms with Gasteiger partial charge < -0.3 is 11.1 Å². The maximum absolute atomic E-state index is 5.63. The number of anilines is 2. The first kappa shape index (κ1) is 10.4. The van der Waals surface area contributed by atoms with Gasteiger partial charge in [0.1, 0.15) is 10.8 Å². The van der Waals surface area contributed by atoms with Crippen molar-refractivity contribution in [2.45, 2.75) is 38.6 Å². The highest BCUT2D eigenvalue weighted by atomic mass is 32.1. The van der Waals surface area contributed by atoms with Gasteiger partial charge in [0.2, 0.25) is 0 Å². The van der Waals surface area contributed by atoms with Crippen LogP contribution in [0.1, 0.15) is 32.6 Å². The average Bonchev–Trinajstić information content (AvgIpc) is 2.93. The van der Waals surface area contributed by atoms with Crippen LogP contribution in [-0.4, -0.2) is 10.4 Å². The van der Waals surface area contributed by atoms with Gasteiger partial charge in [0, 0.05) is 12.1 Å². The van der Waals surface area contributed by atoms with Gasteiger partial charge in [-0.05, 0) is 55.5 Å². The van der Waals surface area contributed by atoms with Crippen molar-refractivity contribution in [1.82, 2.24) is 4.37 Å². The lowest BCUT2D eigenvalue weighted by Crippen LogP contribution is -2.29. The molecule has 2 saturated carbocycles. The Morgan fingerprint density at radius 1 is 1.50 bits per heavy atom. The van der Waals surface area contributed by atoms with E-state index in [1.165, 1.54) is 37.2 Å². The summed E-state index contributed by atoms with van der Waals surface area (Å²) < 4.78 is 4.10. The Morgan fingerprint density at radius 2 is 2.38 bits per heavy atom. The number of aromatic nitrogens is 1. The van der Waals surface area contributed by atoms with Crippen molar-refractivity contribution in [1.29, 1.82) is 0 Å². The van der Waals surface area contributed by atoms with Crippen LogP contribution >= 0.6 is 11.5 Å². The summed E-state index contributed by atoms with van der Waals surface area (Å²) in [7, 11) is 0. The number of hydrogen-bond acceptors (Lipinski definition) is 4. The molecule has 2 fully saturated rings. The quantitative estimate of drug-likeness (QED) is 0.849. The summed E-state index contributed by atoms with van der Waals surface area (Å²) in [6, 6.07) is 2.50. The van der Waals surface area contributed by atoms with E-state index in [4.69, 9.17) is 5.73 Å². The number of nitrogens with two attached hydrogens (primary N) is 1. The molecular weight excluding hydrogens is 218 g/mol. The Bertz CT molecular complexity index is 376. The molecule has 2 aliphatic rings. The normalized spacial score (nSPS) is 34.2. The Hall–Kier alpha value is -0.770. The minimum Gasteiger partial charge on any atom is -0.383 e. The number of nitrogen functional groups attached to an aromatic ring is 1. The fourth-order valence-corrected chi connectivity index (χ4v) is 4.26. The van der Waals surface area contributed by atoms with Crippen LogP contribution in [0.5, 0.6) is 0 Å². The second-order valence-corrected chi connectivity index (χ2v) is 6.19. The summed E-state index contributed by atoms with van der Waals surface area (Å²) in [5, 5.41) is 4.68. The molecule has 16 heavy (non-hydrogen) atoms. The van der Waals surface area contributed by atoms with E-state index in [-0.39, 0.29) is 0 Å². The lowest BCUT2D eigenvalue weighted by atomic mass is 9.84. The third-order valence-corrected chi connectivity index (χ3v) is 5.07. The second-order valence-electron chi connectivity index (χ2n) is 5.39. The van der Waals surface area contributed by atoms with Gasteiger partial charge in [0.25, 0.3) is 0 Å². The number of rotatable bonds is 3. The Labute approximate surface area is 101 Å². The van der Waals surface area contributed by atoms with Crippen LogP contribution in [0.25, 0.3) is 0 Å². The van der Waals surface area contributed by atoms with Crippen LogP contribution in [-0.2, 0) is 0 Å². The first-order valence-electron chi connectivity index (χ1n) is 6.21. The molecule has 1 aromatic rings. The predicted octanol–water partition coefficient (Wildman–Crippen LogP) is 2.96. The van der Waals surface area contributed by atoms with Crippen LogP contribution in [0.3, 0.4) is 0 Å². The molecule has 0 amide bonds. The lowest BCUT2D eigenvalue weighted by Gasteiger charge is -2.28. The van der Waals surface area contributed by atoms with E-state index in [0.717, 1.165) is 22.8 Å². The zero-order valence-electron chi connectivity index (χ0n) is 9.65. The molecule has 3 rings (SSSR count). The predicted molar refractivity (Wildman–Crippen MR) is 68.5 cm³/mol. The van der Waals surface area contributed by atoms with E-state index >= 15 is 0 Å². The molecule has 0 aliphatic heterocycles. The molecular formula is C12H19N3S. The molecule has 0 radical (unpaired) electrons. The highest BCUT2D eigenvalue weighted by molar-refractivity contribution is 7.10. The molecule has 2 aliphatic carbocycles. The fraction of sp³-hybridized carbons (Fsp3) is 0.750. The SMILES string of the molecule is CC(Nc1cc(N)ns1)C1CC2CCC1C2. The fourth-order valence-electron chi connectivity index (χ4n) is 3.59. The monoisotopic (exact) mass is 237 g/mol. The molecule has 1 aromatic heterocycles. The van der Waals surface area contributed by atoms with Gasteiger partial charge in [-0.2, -0.15) is 4.37 Å². The maximum atomic E-state index is 5.63. The third-order valence-electron chi connectivity index (χ3n) is 4.33. The number of nitrogens with one attached hydrogen (secondary N) is 1. The molecule has 0 saturated heterocycles. The summed E-state index contributed by atoms with van der Waals surface area (Å²) in [5.74, 6) is 3.48. The lowest BCUT2D eigenvalue weighted by molar-refractivity contribution is 0.304. The van der Waals surface area contributed by atoms with Crippen LogP contribution in [0.2, 0.25) is 0 Å². The minimum atomic E-state index is 0.565. The van der Waals surface area contributed by atoms with Gasteiger partial charge in [-0.25, -0.2) is 0 Å². The third kappa shape index (κ3) is 1.79. The number of hydrogen-bond donors (Lipinski definition) is 2. The Morgan fingerprint density at radius 3 is 2.94 bits per heavy atom. The van der Waals surface area contributed by atoms with Crippen LogP contribution < -0.4 is 11.1 Å². The number of fused-ring (bicyclic) bond motifs is 2. The van der Waals surface area contributed by atoms with E-state index < -0.39 is 0 Å². The van der Waals surface area contributed by atoms with E-state index in [9.17, 15) is 0 Å². The largest absolute Gasteiger partial charge is 0.383 e. The summed E-state index contributed by atoms with van der Waals surface area (Å²) in [5.41, 5.74) is 5.63. The second kappa shape index (κ2) is 3.91. The highest BCUT2D eigenvalue weighted by Gasteiger charge is 2.41.